The number of aromatic nitrogens is 1. The molecule has 35 heavy (non-hydrogen) atoms. The summed E-state index contributed by atoms with van der Waals surface area (Å²) in [4.78, 5) is 0. The van der Waals surface area contributed by atoms with E-state index in [2.05, 4.69) is 84.3 Å². The fraction of sp³-hybridized carbons (Fsp3) is 0.129. The molecule has 0 atom stereocenters. The molecule has 4 nitrogen and oxygen atoms in total. The van der Waals surface area contributed by atoms with Gasteiger partial charge in [0.15, 0.2) is 17.2 Å². The molecular weight excluding hydrogens is 434 g/mol. The highest BCUT2D eigenvalue weighted by Crippen LogP contribution is 2.42. The molecule has 1 heterocycles. The van der Waals surface area contributed by atoms with Gasteiger partial charge in [-0.15, -0.1) is 0 Å². The second kappa shape index (κ2) is 9.51. The van der Waals surface area contributed by atoms with Gasteiger partial charge in [-0.2, -0.15) is 4.57 Å². The van der Waals surface area contributed by atoms with Crippen LogP contribution in [0.1, 0.15) is 5.69 Å². The summed E-state index contributed by atoms with van der Waals surface area (Å²) in [6.07, 6.45) is 0. The predicted molar refractivity (Wildman–Crippen MR) is 141 cm³/mol. The van der Waals surface area contributed by atoms with Crippen LogP contribution in [0.5, 0.6) is 17.2 Å². The normalized spacial score (nSPS) is 10.9. The fourth-order valence-electron chi connectivity index (χ4n) is 4.73. The molecule has 0 radical (unpaired) electrons. The quantitative estimate of drug-likeness (QED) is 0.261. The average molecular weight is 463 g/mol. The summed E-state index contributed by atoms with van der Waals surface area (Å²) in [5.74, 6) is 2.23. The molecule has 0 spiro atoms. The molecule has 0 fully saturated rings. The summed E-state index contributed by atoms with van der Waals surface area (Å²) >= 11 is 0. The Morgan fingerprint density at radius 1 is 0.571 bits per heavy atom. The Bertz CT molecular complexity index is 1480. The second-order valence-electron chi connectivity index (χ2n) is 8.33. The number of methoxy groups -OCH3 is 3. The summed E-state index contributed by atoms with van der Waals surface area (Å²) in [7, 11) is 5.04. The first-order chi connectivity index (χ1) is 17.2. The van der Waals surface area contributed by atoms with Crippen LogP contribution in [-0.4, -0.2) is 21.3 Å². The molecule has 0 bridgehead atoms. The van der Waals surface area contributed by atoms with Crippen LogP contribution in [0.2, 0.25) is 0 Å². The number of pyridine rings is 1. The molecule has 0 aliphatic carbocycles. The highest BCUT2D eigenvalue weighted by Gasteiger charge is 2.29. The summed E-state index contributed by atoms with van der Waals surface area (Å²) in [5, 5.41) is 2.20. The van der Waals surface area contributed by atoms with Crippen LogP contribution in [-0.2, 0) is 0 Å². The van der Waals surface area contributed by atoms with E-state index >= 15 is 0 Å². The minimum Gasteiger partial charge on any atom is -0.497 e. The Morgan fingerprint density at radius 3 is 1.66 bits per heavy atom. The zero-order valence-electron chi connectivity index (χ0n) is 20.4. The van der Waals surface area contributed by atoms with Crippen LogP contribution in [0, 0.1) is 6.92 Å². The van der Waals surface area contributed by atoms with Crippen molar-refractivity contribution in [3.05, 3.63) is 103 Å². The zero-order chi connectivity index (χ0) is 24.4. The molecule has 0 aliphatic heterocycles. The molecular formula is C31H28NO3+. The Hall–Kier alpha value is -4.31. The van der Waals surface area contributed by atoms with E-state index in [1.165, 1.54) is 0 Å². The number of benzene rings is 4. The van der Waals surface area contributed by atoms with Crippen molar-refractivity contribution in [1.82, 2.24) is 0 Å². The van der Waals surface area contributed by atoms with Gasteiger partial charge in [-0.05, 0) is 42.0 Å². The maximum Gasteiger partial charge on any atom is 0.227 e. The van der Waals surface area contributed by atoms with Crippen LogP contribution in [0.3, 0.4) is 0 Å². The lowest BCUT2D eigenvalue weighted by molar-refractivity contribution is -0.588. The Labute approximate surface area is 206 Å². The van der Waals surface area contributed by atoms with Crippen LogP contribution in [0.4, 0.5) is 0 Å². The maximum absolute atomic E-state index is 5.72. The number of hydrogen-bond acceptors (Lipinski definition) is 3. The first-order valence-electron chi connectivity index (χ1n) is 11.6. The van der Waals surface area contributed by atoms with Crippen molar-refractivity contribution >= 4 is 10.8 Å². The summed E-state index contributed by atoms with van der Waals surface area (Å²) < 4.78 is 19.2. The lowest BCUT2D eigenvalue weighted by Crippen LogP contribution is -2.38. The van der Waals surface area contributed by atoms with E-state index in [1.54, 1.807) is 21.3 Å². The Balaban J connectivity index is 2.00. The minimum absolute atomic E-state index is 0.704. The van der Waals surface area contributed by atoms with E-state index in [1.807, 2.05) is 24.3 Å². The Kier molecular flexibility index (Phi) is 6.11. The molecule has 4 aromatic carbocycles. The molecule has 0 amide bonds. The predicted octanol–water partition coefficient (Wildman–Crippen LogP) is 6.78. The van der Waals surface area contributed by atoms with E-state index in [9.17, 15) is 0 Å². The number of nitrogens with zero attached hydrogens (tertiary/aromatic N) is 1. The summed E-state index contributed by atoms with van der Waals surface area (Å²) in [6.45, 7) is 2.15. The smallest absolute Gasteiger partial charge is 0.227 e. The largest absolute Gasteiger partial charge is 0.497 e. The summed E-state index contributed by atoms with van der Waals surface area (Å²) in [6, 6.07) is 33.4. The first kappa shape index (κ1) is 22.5. The molecule has 5 rings (SSSR count). The molecule has 5 aromatic rings. The number of ether oxygens (including phenoxy) is 3. The van der Waals surface area contributed by atoms with Crippen molar-refractivity contribution < 1.29 is 18.8 Å². The number of rotatable bonds is 6. The number of hydrogen-bond donors (Lipinski definition) is 0. The van der Waals surface area contributed by atoms with Gasteiger partial charge in [-0.1, -0.05) is 48.5 Å². The van der Waals surface area contributed by atoms with E-state index in [0.717, 1.165) is 50.3 Å². The van der Waals surface area contributed by atoms with Crippen molar-refractivity contribution in [3.63, 3.8) is 0 Å². The topological polar surface area (TPSA) is 31.6 Å². The number of aryl methyl sites for hydroxylation is 1. The molecule has 0 saturated heterocycles. The molecule has 0 saturated carbocycles. The van der Waals surface area contributed by atoms with Gasteiger partial charge in [0.2, 0.25) is 11.4 Å². The van der Waals surface area contributed by atoms with Crippen molar-refractivity contribution in [2.45, 2.75) is 6.92 Å². The molecule has 0 N–H and O–H groups in total. The minimum atomic E-state index is 0.704. The van der Waals surface area contributed by atoms with Gasteiger partial charge in [-0.25, -0.2) is 0 Å². The standard InChI is InChI=1S/C31H28NO3/c1-21-26-19-28(34-3)29(35-4)20-27(26)30(22-11-7-5-8-12-22)31(23-13-9-6-10-14-23)32(21)24-15-17-25(33-2)18-16-24/h5-20H,1-4H3/q+1. The van der Waals surface area contributed by atoms with Gasteiger partial charge in [-0.3, -0.25) is 0 Å². The average Bonchev–Trinajstić information content (AvgIpc) is 2.93. The SMILES string of the molecule is COc1ccc(-[n+]2c(-c3ccccc3)c(-c3ccccc3)c3cc(OC)c(OC)cc3c2C)cc1. The third kappa shape index (κ3) is 3.97. The monoisotopic (exact) mass is 462 g/mol. The third-order valence-corrected chi connectivity index (χ3v) is 6.42. The van der Waals surface area contributed by atoms with Gasteiger partial charge in [0.1, 0.15) is 5.75 Å². The molecule has 174 valence electrons. The van der Waals surface area contributed by atoms with Crippen LogP contribution < -0.4 is 18.8 Å². The van der Waals surface area contributed by atoms with Gasteiger partial charge in [0.25, 0.3) is 0 Å². The van der Waals surface area contributed by atoms with Crippen LogP contribution in [0.25, 0.3) is 38.8 Å². The molecule has 1 aromatic heterocycles. The molecule has 4 heteroatoms. The van der Waals surface area contributed by atoms with Crippen LogP contribution >= 0.6 is 0 Å². The number of fused-ring (bicyclic) bond motifs is 1. The van der Waals surface area contributed by atoms with Gasteiger partial charge in [0.05, 0.1) is 32.3 Å². The summed E-state index contributed by atoms with van der Waals surface area (Å²) in [5.41, 5.74) is 6.65. The second-order valence-corrected chi connectivity index (χ2v) is 8.33. The highest BCUT2D eigenvalue weighted by molar-refractivity contribution is 6.03. The maximum atomic E-state index is 5.72. The van der Waals surface area contributed by atoms with Gasteiger partial charge in [0, 0.05) is 30.0 Å². The molecule has 0 aliphatic rings. The van der Waals surface area contributed by atoms with Crippen molar-refractivity contribution in [1.29, 1.82) is 0 Å². The lowest BCUT2D eigenvalue weighted by Gasteiger charge is -2.18. The highest BCUT2D eigenvalue weighted by atomic mass is 16.5. The third-order valence-electron chi connectivity index (χ3n) is 6.42. The van der Waals surface area contributed by atoms with Crippen molar-refractivity contribution in [2.24, 2.45) is 0 Å². The molecule has 0 unspecified atom stereocenters. The van der Waals surface area contributed by atoms with E-state index < -0.39 is 0 Å². The van der Waals surface area contributed by atoms with E-state index in [4.69, 9.17) is 14.2 Å². The first-order valence-corrected chi connectivity index (χ1v) is 11.6. The van der Waals surface area contributed by atoms with Crippen molar-refractivity contribution in [3.8, 4) is 45.3 Å². The zero-order valence-corrected chi connectivity index (χ0v) is 20.4. The van der Waals surface area contributed by atoms with Gasteiger partial charge >= 0.3 is 0 Å². The fourth-order valence-corrected chi connectivity index (χ4v) is 4.73. The van der Waals surface area contributed by atoms with Gasteiger partial charge < -0.3 is 14.2 Å². The lowest BCUT2D eigenvalue weighted by atomic mass is 9.91. The Morgan fingerprint density at radius 2 is 1.11 bits per heavy atom. The van der Waals surface area contributed by atoms with E-state index in [0.29, 0.717) is 11.5 Å². The van der Waals surface area contributed by atoms with Crippen LogP contribution in [0.15, 0.2) is 97.1 Å². The van der Waals surface area contributed by atoms with E-state index in [-0.39, 0.29) is 0 Å². The van der Waals surface area contributed by atoms with Crippen molar-refractivity contribution in [2.75, 3.05) is 21.3 Å².